The average Bonchev–Trinajstić information content (AvgIpc) is 2.59. The van der Waals surface area contributed by atoms with Crippen molar-refractivity contribution >= 4 is 16.7 Å². The minimum absolute atomic E-state index is 0.0102. The number of nitrogens with one attached hydrogen (secondary N) is 1. The number of rotatable bonds is 5. The normalized spacial score (nSPS) is 12.0. The maximum absolute atomic E-state index is 11.7. The van der Waals surface area contributed by atoms with Crippen molar-refractivity contribution in [3.8, 4) is 0 Å². The van der Waals surface area contributed by atoms with Gasteiger partial charge in [-0.05, 0) is 34.7 Å². The molecule has 0 bridgehead atoms. The molecule has 0 aliphatic carbocycles. The molecule has 3 aromatic carbocycles. The molecule has 0 aliphatic rings. The number of benzene rings is 3. The fourth-order valence-electron chi connectivity index (χ4n) is 3.06. The Bertz CT molecular complexity index is 790. The minimum atomic E-state index is 0.0102. The molecule has 0 radical (unpaired) electrons. The molecule has 0 fully saturated rings. The Balaban J connectivity index is 1.90. The summed E-state index contributed by atoms with van der Waals surface area (Å²) < 4.78 is 0. The molecule has 1 N–H and O–H groups in total. The quantitative estimate of drug-likeness (QED) is 0.730. The van der Waals surface area contributed by atoms with Crippen molar-refractivity contribution in [2.75, 3.05) is 0 Å². The van der Waals surface area contributed by atoms with Gasteiger partial charge < -0.3 is 5.32 Å². The number of aryl methyl sites for hydroxylation is 1. The van der Waals surface area contributed by atoms with Gasteiger partial charge in [-0.25, -0.2) is 0 Å². The number of hydrogen-bond acceptors (Lipinski definition) is 1. The number of amides is 1. The lowest BCUT2D eigenvalue weighted by Crippen LogP contribution is -2.26. The van der Waals surface area contributed by atoms with Crippen molar-refractivity contribution in [2.45, 2.75) is 25.8 Å². The van der Waals surface area contributed by atoms with Gasteiger partial charge in [-0.3, -0.25) is 4.79 Å². The summed E-state index contributed by atoms with van der Waals surface area (Å²) in [6.45, 7) is 1.58. The summed E-state index contributed by atoms with van der Waals surface area (Å²) in [6.07, 6.45) is 1.83. The van der Waals surface area contributed by atoms with Crippen molar-refractivity contribution in [3.63, 3.8) is 0 Å². The highest BCUT2D eigenvalue weighted by Crippen LogP contribution is 2.27. The van der Waals surface area contributed by atoms with Crippen molar-refractivity contribution in [2.24, 2.45) is 0 Å². The standard InChI is InChI=1S/C21H21NO/c1-16(23)22-21(15-14-17-8-3-2-4-9-17)20-13-7-11-18-10-5-6-12-19(18)20/h2-13,21H,14-15H2,1H3,(H,22,23)/t21-/m1/s1. The van der Waals surface area contributed by atoms with Gasteiger partial charge >= 0.3 is 0 Å². The van der Waals surface area contributed by atoms with Crippen LogP contribution in [0.3, 0.4) is 0 Å². The Morgan fingerprint density at radius 2 is 1.61 bits per heavy atom. The topological polar surface area (TPSA) is 29.1 Å². The van der Waals surface area contributed by atoms with Crippen molar-refractivity contribution in [3.05, 3.63) is 83.9 Å². The smallest absolute Gasteiger partial charge is 0.217 e. The van der Waals surface area contributed by atoms with E-state index in [9.17, 15) is 4.79 Å². The molecule has 3 aromatic rings. The van der Waals surface area contributed by atoms with Gasteiger partial charge in [0.1, 0.15) is 0 Å². The molecule has 116 valence electrons. The first-order valence-electron chi connectivity index (χ1n) is 8.03. The molecule has 0 unspecified atom stereocenters. The van der Waals surface area contributed by atoms with E-state index in [4.69, 9.17) is 0 Å². The van der Waals surface area contributed by atoms with Gasteiger partial charge in [0.15, 0.2) is 0 Å². The van der Waals surface area contributed by atoms with Crippen LogP contribution >= 0.6 is 0 Å². The molecule has 1 amide bonds. The van der Waals surface area contributed by atoms with Gasteiger partial charge in [-0.1, -0.05) is 72.8 Å². The Hall–Kier alpha value is -2.61. The van der Waals surface area contributed by atoms with E-state index in [-0.39, 0.29) is 11.9 Å². The van der Waals surface area contributed by atoms with E-state index in [1.807, 2.05) is 18.2 Å². The predicted octanol–water partition coefficient (Wildman–Crippen LogP) is 4.65. The molecule has 2 nitrogen and oxygen atoms in total. The zero-order chi connectivity index (χ0) is 16.1. The molecule has 1 atom stereocenters. The summed E-state index contributed by atoms with van der Waals surface area (Å²) in [5.74, 6) is 0.0102. The summed E-state index contributed by atoms with van der Waals surface area (Å²) in [5, 5.41) is 5.54. The molecule has 0 spiro atoms. The lowest BCUT2D eigenvalue weighted by atomic mass is 9.94. The van der Waals surface area contributed by atoms with Crippen molar-refractivity contribution in [1.82, 2.24) is 5.32 Å². The second-order valence-corrected chi connectivity index (χ2v) is 5.85. The maximum Gasteiger partial charge on any atom is 0.217 e. The van der Waals surface area contributed by atoms with Gasteiger partial charge in [0, 0.05) is 6.92 Å². The van der Waals surface area contributed by atoms with Crippen LogP contribution in [-0.4, -0.2) is 5.91 Å². The second kappa shape index (κ2) is 7.10. The van der Waals surface area contributed by atoms with Crippen LogP contribution in [0.4, 0.5) is 0 Å². The van der Waals surface area contributed by atoms with Gasteiger partial charge in [0.25, 0.3) is 0 Å². The monoisotopic (exact) mass is 303 g/mol. The Kier molecular flexibility index (Phi) is 4.72. The number of carbonyl (C=O) groups is 1. The molecule has 3 rings (SSSR count). The van der Waals surface area contributed by atoms with E-state index in [0.717, 1.165) is 12.8 Å². The first kappa shape index (κ1) is 15.3. The predicted molar refractivity (Wildman–Crippen MR) is 95.3 cm³/mol. The van der Waals surface area contributed by atoms with E-state index < -0.39 is 0 Å². The first-order valence-corrected chi connectivity index (χ1v) is 8.03. The third kappa shape index (κ3) is 3.78. The molecular weight excluding hydrogens is 282 g/mol. The average molecular weight is 303 g/mol. The van der Waals surface area contributed by atoms with E-state index in [1.165, 1.54) is 21.9 Å². The summed E-state index contributed by atoms with van der Waals surface area (Å²) in [7, 11) is 0. The van der Waals surface area contributed by atoms with E-state index in [1.54, 1.807) is 6.92 Å². The molecule has 0 saturated heterocycles. The van der Waals surface area contributed by atoms with Gasteiger partial charge in [0.2, 0.25) is 5.91 Å². The SMILES string of the molecule is CC(=O)N[C@H](CCc1ccccc1)c1cccc2ccccc12. The number of carbonyl (C=O) groups excluding carboxylic acids is 1. The van der Waals surface area contributed by atoms with Crippen LogP contribution < -0.4 is 5.32 Å². The second-order valence-electron chi connectivity index (χ2n) is 5.85. The van der Waals surface area contributed by atoms with Gasteiger partial charge in [-0.15, -0.1) is 0 Å². The molecular formula is C21H21NO. The van der Waals surface area contributed by atoms with Crippen LogP contribution in [0, 0.1) is 0 Å². The van der Waals surface area contributed by atoms with Crippen LogP contribution in [0.1, 0.15) is 30.5 Å². The fraction of sp³-hybridized carbons (Fsp3) is 0.190. The first-order chi connectivity index (χ1) is 11.2. The summed E-state index contributed by atoms with van der Waals surface area (Å²) in [6, 6.07) is 25.1. The third-order valence-electron chi connectivity index (χ3n) is 4.14. The van der Waals surface area contributed by atoms with Crippen molar-refractivity contribution in [1.29, 1.82) is 0 Å². The number of hydrogen-bond donors (Lipinski definition) is 1. The summed E-state index contributed by atoms with van der Waals surface area (Å²) >= 11 is 0. The highest BCUT2D eigenvalue weighted by atomic mass is 16.1. The van der Waals surface area contributed by atoms with Crippen LogP contribution in [0.2, 0.25) is 0 Å². The Labute approximate surface area is 137 Å². The van der Waals surface area contributed by atoms with Crippen LogP contribution in [0.25, 0.3) is 10.8 Å². The number of fused-ring (bicyclic) bond motifs is 1. The lowest BCUT2D eigenvalue weighted by Gasteiger charge is -2.20. The molecule has 0 aromatic heterocycles. The zero-order valence-electron chi connectivity index (χ0n) is 13.3. The molecule has 0 heterocycles. The summed E-state index contributed by atoms with van der Waals surface area (Å²) in [5.41, 5.74) is 2.48. The molecule has 23 heavy (non-hydrogen) atoms. The maximum atomic E-state index is 11.7. The summed E-state index contributed by atoms with van der Waals surface area (Å²) in [4.78, 5) is 11.7. The van der Waals surface area contributed by atoms with E-state index >= 15 is 0 Å². The van der Waals surface area contributed by atoms with Crippen LogP contribution in [0.5, 0.6) is 0 Å². The fourth-order valence-corrected chi connectivity index (χ4v) is 3.06. The minimum Gasteiger partial charge on any atom is -0.350 e. The molecule has 0 saturated carbocycles. The largest absolute Gasteiger partial charge is 0.350 e. The Morgan fingerprint density at radius 3 is 2.39 bits per heavy atom. The van der Waals surface area contributed by atoms with Gasteiger partial charge in [0.05, 0.1) is 6.04 Å². The highest BCUT2D eigenvalue weighted by molar-refractivity contribution is 5.86. The third-order valence-corrected chi connectivity index (χ3v) is 4.14. The van der Waals surface area contributed by atoms with E-state index in [2.05, 4.69) is 59.9 Å². The van der Waals surface area contributed by atoms with Crippen LogP contribution in [-0.2, 0) is 11.2 Å². The molecule has 0 aliphatic heterocycles. The van der Waals surface area contributed by atoms with Gasteiger partial charge in [-0.2, -0.15) is 0 Å². The van der Waals surface area contributed by atoms with E-state index in [0.29, 0.717) is 0 Å². The highest BCUT2D eigenvalue weighted by Gasteiger charge is 2.15. The van der Waals surface area contributed by atoms with Crippen LogP contribution in [0.15, 0.2) is 72.8 Å². The van der Waals surface area contributed by atoms with Crippen molar-refractivity contribution < 1.29 is 4.79 Å². The lowest BCUT2D eigenvalue weighted by molar-refractivity contribution is -0.119. The zero-order valence-corrected chi connectivity index (χ0v) is 13.3. The molecule has 2 heteroatoms. The Morgan fingerprint density at radius 1 is 0.913 bits per heavy atom.